The fourth-order valence-electron chi connectivity index (χ4n) is 2.47. The van der Waals surface area contributed by atoms with Gasteiger partial charge in [-0.3, -0.25) is 9.69 Å². The average molecular weight is 310 g/mol. The van der Waals surface area contributed by atoms with Crippen LogP contribution >= 0.6 is 0 Å². The highest BCUT2D eigenvalue weighted by molar-refractivity contribution is 6.04. The molecule has 2 rings (SSSR count). The second kappa shape index (κ2) is 6.65. The summed E-state index contributed by atoms with van der Waals surface area (Å²) in [7, 11) is 1.68. The molecular formula is C19H22N2O2. The summed E-state index contributed by atoms with van der Waals surface area (Å²) in [5.41, 5.74) is 2.62. The fraction of sp³-hybridized carbons (Fsp3) is 0.263. The summed E-state index contributed by atoms with van der Waals surface area (Å²) in [4.78, 5) is 25.5. The van der Waals surface area contributed by atoms with Crippen LogP contribution in [0.25, 0.3) is 0 Å². The quantitative estimate of drug-likeness (QED) is 0.851. The molecule has 0 spiro atoms. The lowest BCUT2D eigenvalue weighted by Crippen LogP contribution is -2.34. The van der Waals surface area contributed by atoms with Gasteiger partial charge in [-0.1, -0.05) is 51.1 Å². The normalized spacial score (nSPS) is 11.0. The topological polar surface area (TPSA) is 49.4 Å². The van der Waals surface area contributed by atoms with Crippen LogP contribution in [-0.4, -0.2) is 19.4 Å². The summed E-state index contributed by atoms with van der Waals surface area (Å²) in [6.07, 6.45) is 0.789. The molecule has 0 aliphatic heterocycles. The highest BCUT2D eigenvalue weighted by Gasteiger charge is 2.25. The van der Waals surface area contributed by atoms with E-state index in [0.717, 1.165) is 11.8 Å². The van der Waals surface area contributed by atoms with Crippen molar-refractivity contribution in [1.82, 2.24) is 0 Å². The van der Waals surface area contributed by atoms with E-state index >= 15 is 0 Å². The number of benzene rings is 2. The second-order valence-electron chi connectivity index (χ2n) is 6.47. The van der Waals surface area contributed by atoms with E-state index in [1.165, 1.54) is 4.90 Å². The molecule has 0 aliphatic rings. The number of amides is 2. The van der Waals surface area contributed by atoms with Gasteiger partial charge in [0.25, 0.3) is 0 Å². The predicted molar refractivity (Wildman–Crippen MR) is 94.4 cm³/mol. The number of anilines is 2. The average Bonchev–Trinajstić information content (AvgIpc) is 2.53. The standard InChI is InChI=1S/C19H22N2O2/c1-19(2,3)16-12-8-9-14(13-22)17(16)21(4)18(23)20-15-10-6-5-7-11-15/h5-13H,1-4H3,(H,20,23). The third-order valence-corrected chi connectivity index (χ3v) is 3.67. The Morgan fingerprint density at radius 3 is 2.26 bits per heavy atom. The first-order chi connectivity index (χ1) is 10.8. The number of rotatable bonds is 3. The molecule has 0 fully saturated rings. The summed E-state index contributed by atoms with van der Waals surface area (Å²) in [5, 5.41) is 2.84. The molecule has 0 saturated carbocycles. The Labute approximate surface area is 137 Å². The van der Waals surface area contributed by atoms with Crippen LogP contribution in [0.4, 0.5) is 16.2 Å². The molecule has 4 heteroatoms. The zero-order valence-corrected chi connectivity index (χ0v) is 14.0. The third kappa shape index (κ3) is 3.77. The van der Waals surface area contributed by atoms with Crippen molar-refractivity contribution in [3.63, 3.8) is 0 Å². The Hall–Kier alpha value is -2.62. The maximum Gasteiger partial charge on any atom is 0.326 e. The van der Waals surface area contributed by atoms with Crippen molar-refractivity contribution in [3.8, 4) is 0 Å². The lowest BCUT2D eigenvalue weighted by Gasteiger charge is -2.29. The van der Waals surface area contributed by atoms with Gasteiger partial charge in [-0.05, 0) is 29.2 Å². The van der Waals surface area contributed by atoms with Crippen LogP contribution in [0.1, 0.15) is 36.7 Å². The van der Waals surface area contributed by atoms with Crippen molar-refractivity contribution in [2.24, 2.45) is 0 Å². The number of nitrogens with zero attached hydrogens (tertiary/aromatic N) is 1. The van der Waals surface area contributed by atoms with Gasteiger partial charge in [-0.15, -0.1) is 0 Å². The van der Waals surface area contributed by atoms with E-state index in [4.69, 9.17) is 0 Å². The number of aldehydes is 1. The van der Waals surface area contributed by atoms with E-state index in [-0.39, 0.29) is 11.4 Å². The SMILES string of the molecule is CN(C(=O)Nc1ccccc1)c1c(C=O)cccc1C(C)(C)C. The molecule has 2 aromatic carbocycles. The van der Waals surface area contributed by atoms with E-state index in [1.807, 2.05) is 42.5 Å². The van der Waals surface area contributed by atoms with Crippen molar-refractivity contribution in [1.29, 1.82) is 0 Å². The molecule has 0 atom stereocenters. The molecule has 2 aromatic rings. The first-order valence-corrected chi connectivity index (χ1v) is 7.53. The lowest BCUT2D eigenvalue weighted by atomic mass is 9.84. The van der Waals surface area contributed by atoms with Crippen molar-refractivity contribution in [2.45, 2.75) is 26.2 Å². The molecule has 0 bridgehead atoms. The Morgan fingerprint density at radius 2 is 1.70 bits per heavy atom. The molecule has 23 heavy (non-hydrogen) atoms. The van der Waals surface area contributed by atoms with Gasteiger partial charge in [0.1, 0.15) is 0 Å². The van der Waals surface area contributed by atoms with Crippen LogP contribution in [0.15, 0.2) is 48.5 Å². The van der Waals surface area contributed by atoms with Gasteiger partial charge in [0.05, 0.1) is 5.69 Å². The van der Waals surface area contributed by atoms with Crippen LogP contribution in [0.3, 0.4) is 0 Å². The van der Waals surface area contributed by atoms with E-state index in [1.54, 1.807) is 13.1 Å². The smallest absolute Gasteiger partial charge is 0.308 e. The van der Waals surface area contributed by atoms with Crippen LogP contribution < -0.4 is 10.2 Å². The molecule has 0 aliphatic carbocycles. The zero-order valence-electron chi connectivity index (χ0n) is 14.0. The zero-order chi connectivity index (χ0) is 17.0. The Bertz CT molecular complexity index is 703. The first kappa shape index (κ1) is 16.7. The minimum Gasteiger partial charge on any atom is -0.308 e. The molecule has 0 heterocycles. The van der Waals surface area contributed by atoms with E-state index in [0.29, 0.717) is 16.9 Å². The first-order valence-electron chi connectivity index (χ1n) is 7.53. The molecule has 1 N–H and O–H groups in total. The number of urea groups is 1. The van der Waals surface area contributed by atoms with Gasteiger partial charge in [-0.2, -0.15) is 0 Å². The molecule has 0 unspecified atom stereocenters. The van der Waals surface area contributed by atoms with Gasteiger partial charge >= 0.3 is 6.03 Å². The lowest BCUT2D eigenvalue weighted by molar-refractivity contribution is 0.112. The van der Waals surface area contributed by atoms with Crippen molar-refractivity contribution < 1.29 is 9.59 Å². The van der Waals surface area contributed by atoms with Crippen molar-refractivity contribution >= 4 is 23.7 Å². The van der Waals surface area contributed by atoms with Crippen molar-refractivity contribution in [3.05, 3.63) is 59.7 Å². The van der Waals surface area contributed by atoms with Crippen LogP contribution in [-0.2, 0) is 5.41 Å². The van der Waals surface area contributed by atoms with Gasteiger partial charge < -0.3 is 5.32 Å². The van der Waals surface area contributed by atoms with Crippen LogP contribution in [0.5, 0.6) is 0 Å². The molecular weight excluding hydrogens is 288 g/mol. The molecule has 120 valence electrons. The number of hydrogen-bond acceptors (Lipinski definition) is 2. The monoisotopic (exact) mass is 310 g/mol. The molecule has 0 radical (unpaired) electrons. The van der Waals surface area contributed by atoms with Gasteiger partial charge in [0.2, 0.25) is 0 Å². The summed E-state index contributed by atoms with van der Waals surface area (Å²) in [6.45, 7) is 6.18. The largest absolute Gasteiger partial charge is 0.326 e. The summed E-state index contributed by atoms with van der Waals surface area (Å²) in [5.74, 6) is 0. The van der Waals surface area contributed by atoms with E-state index < -0.39 is 0 Å². The van der Waals surface area contributed by atoms with E-state index in [9.17, 15) is 9.59 Å². The van der Waals surface area contributed by atoms with E-state index in [2.05, 4.69) is 26.1 Å². The summed E-state index contributed by atoms with van der Waals surface area (Å²) in [6, 6.07) is 14.5. The maximum absolute atomic E-state index is 12.6. The Kier molecular flexibility index (Phi) is 4.84. The minimum absolute atomic E-state index is 0.185. The van der Waals surface area contributed by atoms with Gasteiger partial charge in [-0.25, -0.2) is 4.79 Å². The number of nitrogens with one attached hydrogen (secondary N) is 1. The molecule has 0 aromatic heterocycles. The van der Waals surface area contributed by atoms with Gasteiger partial charge in [0, 0.05) is 18.3 Å². The van der Waals surface area contributed by atoms with Crippen LogP contribution in [0.2, 0.25) is 0 Å². The summed E-state index contributed by atoms with van der Waals surface area (Å²) < 4.78 is 0. The highest BCUT2D eigenvalue weighted by atomic mass is 16.2. The van der Waals surface area contributed by atoms with Gasteiger partial charge in [0.15, 0.2) is 6.29 Å². The number of carbonyl (C=O) groups excluding carboxylic acids is 2. The molecule has 0 saturated heterocycles. The third-order valence-electron chi connectivity index (χ3n) is 3.67. The second-order valence-corrected chi connectivity index (χ2v) is 6.47. The Balaban J connectivity index is 2.40. The minimum atomic E-state index is -0.281. The molecule has 4 nitrogen and oxygen atoms in total. The number of carbonyl (C=O) groups is 2. The maximum atomic E-state index is 12.6. The fourth-order valence-corrected chi connectivity index (χ4v) is 2.47. The number of para-hydroxylation sites is 2. The van der Waals surface area contributed by atoms with Crippen molar-refractivity contribution in [2.75, 3.05) is 17.3 Å². The highest BCUT2D eigenvalue weighted by Crippen LogP contribution is 2.34. The number of hydrogen-bond donors (Lipinski definition) is 1. The van der Waals surface area contributed by atoms with Crippen LogP contribution in [0, 0.1) is 0 Å². The Morgan fingerprint density at radius 1 is 1.04 bits per heavy atom. The predicted octanol–water partition coefficient (Wildman–Crippen LogP) is 4.46. The molecule has 2 amide bonds. The summed E-state index contributed by atoms with van der Waals surface area (Å²) >= 11 is 0.